The fourth-order valence-corrected chi connectivity index (χ4v) is 1.48. The summed E-state index contributed by atoms with van der Waals surface area (Å²) in [6.45, 7) is 5.11. The van der Waals surface area contributed by atoms with Crippen molar-refractivity contribution in [1.82, 2.24) is 5.32 Å². The molecule has 0 saturated carbocycles. The Balaban J connectivity index is 2.32. The largest absolute Gasteiger partial charge is 0.369 e. The highest BCUT2D eigenvalue weighted by Gasteiger charge is 2.03. The third-order valence-corrected chi connectivity index (χ3v) is 2.49. The number of amides is 1. The van der Waals surface area contributed by atoms with Gasteiger partial charge in [-0.05, 0) is 37.9 Å². The van der Waals surface area contributed by atoms with Crippen LogP contribution < -0.4 is 11.1 Å². The number of hydrogen-bond donors (Lipinski definition) is 2. The van der Waals surface area contributed by atoms with Crippen LogP contribution in [0.2, 0.25) is 0 Å². The van der Waals surface area contributed by atoms with E-state index in [1.165, 1.54) is 5.56 Å². The van der Waals surface area contributed by atoms with Gasteiger partial charge >= 0.3 is 0 Å². The van der Waals surface area contributed by atoms with Crippen LogP contribution in [0, 0.1) is 0 Å². The molecule has 0 spiro atoms. The average molecular weight is 250 g/mol. The molecule has 18 heavy (non-hydrogen) atoms. The summed E-state index contributed by atoms with van der Waals surface area (Å²) in [4.78, 5) is 11.4. The summed E-state index contributed by atoms with van der Waals surface area (Å²) in [5.74, 6) is -0.0882. The number of benzene rings is 1. The SMILES string of the molecule is CC(C)OCC(=O)NCc1ccc(CCN)cc1. The van der Waals surface area contributed by atoms with Crippen LogP contribution in [0.3, 0.4) is 0 Å². The Morgan fingerprint density at radius 1 is 1.28 bits per heavy atom. The van der Waals surface area contributed by atoms with E-state index in [-0.39, 0.29) is 18.6 Å². The summed E-state index contributed by atoms with van der Waals surface area (Å²) in [6, 6.07) is 8.10. The van der Waals surface area contributed by atoms with Crippen molar-refractivity contribution in [2.75, 3.05) is 13.2 Å². The van der Waals surface area contributed by atoms with Crippen molar-refractivity contribution in [2.45, 2.75) is 32.9 Å². The molecule has 0 saturated heterocycles. The van der Waals surface area contributed by atoms with Crippen LogP contribution in [0.15, 0.2) is 24.3 Å². The van der Waals surface area contributed by atoms with E-state index in [0.717, 1.165) is 12.0 Å². The van der Waals surface area contributed by atoms with E-state index in [2.05, 4.69) is 5.32 Å². The molecule has 1 amide bonds. The van der Waals surface area contributed by atoms with Gasteiger partial charge in [0.2, 0.25) is 5.91 Å². The van der Waals surface area contributed by atoms with E-state index in [1.54, 1.807) is 0 Å². The number of hydrogen-bond acceptors (Lipinski definition) is 3. The number of nitrogens with two attached hydrogens (primary N) is 1. The van der Waals surface area contributed by atoms with E-state index >= 15 is 0 Å². The molecule has 0 aliphatic carbocycles. The highest BCUT2D eigenvalue weighted by atomic mass is 16.5. The maximum atomic E-state index is 11.4. The lowest BCUT2D eigenvalue weighted by molar-refractivity contribution is -0.127. The molecule has 1 rings (SSSR count). The highest BCUT2D eigenvalue weighted by molar-refractivity contribution is 5.77. The van der Waals surface area contributed by atoms with Gasteiger partial charge in [-0.2, -0.15) is 0 Å². The van der Waals surface area contributed by atoms with Crippen molar-refractivity contribution >= 4 is 5.91 Å². The lowest BCUT2D eigenvalue weighted by Gasteiger charge is -2.08. The number of rotatable bonds is 7. The van der Waals surface area contributed by atoms with E-state index in [0.29, 0.717) is 13.1 Å². The molecule has 0 fully saturated rings. The zero-order chi connectivity index (χ0) is 13.4. The minimum atomic E-state index is -0.0882. The second-order valence-electron chi connectivity index (χ2n) is 4.49. The Bertz CT molecular complexity index is 361. The van der Waals surface area contributed by atoms with Crippen LogP contribution in [0.5, 0.6) is 0 Å². The lowest BCUT2D eigenvalue weighted by Crippen LogP contribution is -2.28. The standard InChI is InChI=1S/C14H22N2O2/c1-11(2)18-10-14(17)16-9-13-5-3-12(4-6-13)7-8-15/h3-6,11H,7-10,15H2,1-2H3,(H,16,17). The van der Waals surface area contributed by atoms with Gasteiger partial charge < -0.3 is 15.8 Å². The maximum absolute atomic E-state index is 11.4. The molecule has 0 aliphatic rings. The monoisotopic (exact) mass is 250 g/mol. The van der Waals surface area contributed by atoms with Gasteiger partial charge in [0.25, 0.3) is 0 Å². The van der Waals surface area contributed by atoms with Crippen LogP contribution in [0.25, 0.3) is 0 Å². The molecule has 3 N–H and O–H groups in total. The van der Waals surface area contributed by atoms with Gasteiger partial charge in [0.05, 0.1) is 6.10 Å². The zero-order valence-electron chi connectivity index (χ0n) is 11.1. The van der Waals surface area contributed by atoms with Gasteiger partial charge in [0, 0.05) is 6.54 Å². The van der Waals surface area contributed by atoms with Gasteiger partial charge in [-0.1, -0.05) is 24.3 Å². The normalized spacial score (nSPS) is 10.7. The summed E-state index contributed by atoms with van der Waals surface area (Å²) >= 11 is 0. The Hall–Kier alpha value is -1.39. The predicted octanol–water partition coefficient (Wildman–Crippen LogP) is 1.23. The fraction of sp³-hybridized carbons (Fsp3) is 0.500. The van der Waals surface area contributed by atoms with E-state index < -0.39 is 0 Å². The molecule has 1 aromatic carbocycles. The van der Waals surface area contributed by atoms with Crippen LogP contribution in [-0.4, -0.2) is 25.2 Å². The first-order chi connectivity index (χ1) is 8.61. The van der Waals surface area contributed by atoms with Gasteiger partial charge in [-0.3, -0.25) is 4.79 Å². The first-order valence-corrected chi connectivity index (χ1v) is 6.28. The summed E-state index contributed by atoms with van der Waals surface area (Å²) in [7, 11) is 0. The lowest BCUT2D eigenvalue weighted by atomic mass is 10.1. The van der Waals surface area contributed by atoms with Crippen molar-refractivity contribution in [2.24, 2.45) is 5.73 Å². The predicted molar refractivity (Wildman–Crippen MR) is 72.1 cm³/mol. The topological polar surface area (TPSA) is 64.3 Å². The molecule has 0 aliphatic heterocycles. The van der Waals surface area contributed by atoms with Crippen molar-refractivity contribution in [3.63, 3.8) is 0 Å². The molecular formula is C14H22N2O2. The number of ether oxygens (including phenoxy) is 1. The van der Waals surface area contributed by atoms with E-state index in [4.69, 9.17) is 10.5 Å². The molecule has 0 atom stereocenters. The number of carbonyl (C=O) groups is 1. The number of nitrogens with one attached hydrogen (secondary N) is 1. The third-order valence-electron chi connectivity index (χ3n) is 2.49. The molecule has 4 nitrogen and oxygen atoms in total. The summed E-state index contributed by atoms with van der Waals surface area (Å²) in [6.07, 6.45) is 0.959. The maximum Gasteiger partial charge on any atom is 0.246 e. The Kier molecular flexibility index (Phi) is 6.39. The van der Waals surface area contributed by atoms with Crippen molar-refractivity contribution in [3.05, 3.63) is 35.4 Å². The molecule has 0 aromatic heterocycles. The van der Waals surface area contributed by atoms with Crippen molar-refractivity contribution < 1.29 is 9.53 Å². The fourth-order valence-electron chi connectivity index (χ4n) is 1.48. The minimum Gasteiger partial charge on any atom is -0.369 e. The van der Waals surface area contributed by atoms with Gasteiger partial charge in [-0.25, -0.2) is 0 Å². The first-order valence-electron chi connectivity index (χ1n) is 6.28. The van der Waals surface area contributed by atoms with E-state index in [9.17, 15) is 4.79 Å². The summed E-state index contributed by atoms with van der Waals surface area (Å²) < 4.78 is 5.22. The third kappa shape index (κ3) is 5.80. The van der Waals surface area contributed by atoms with Crippen molar-refractivity contribution in [1.29, 1.82) is 0 Å². The molecule has 1 aromatic rings. The molecule has 100 valence electrons. The van der Waals surface area contributed by atoms with Crippen LogP contribution in [0.1, 0.15) is 25.0 Å². The van der Waals surface area contributed by atoms with Gasteiger partial charge in [0.1, 0.15) is 6.61 Å². The van der Waals surface area contributed by atoms with Gasteiger partial charge in [-0.15, -0.1) is 0 Å². The highest BCUT2D eigenvalue weighted by Crippen LogP contribution is 2.04. The second-order valence-corrected chi connectivity index (χ2v) is 4.49. The van der Waals surface area contributed by atoms with Crippen LogP contribution in [0.4, 0.5) is 0 Å². The summed E-state index contributed by atoms with van der Waals surface area (Å²) in [5, 5.41) is 2.82. The Labute approximate surface area is 109 Å². The zero-order valence-corrected chi connectivity index (χ0v) is 11.1. The minimum absolute atomic E-state index is 0.0753. The molecule has 0 unspecified atom stereocenters. The summed E-state index contributed by atoms with van der Waals surface area (Å²) in [5.41, 5.74) is 7.78. The van der Waals surface area contributed by atoms with E-state index in [1.807, 2.05) is 38.1 Å². The van der Waals surface area contributed by atoms with Crippen LogP contribution in [-0.2, 0) is 22.5 Å². The molecule has 4 heteroatoms. The van der Waals surface area contributed by atoms with Crippen molar-refractivity contribution in [3.8, 4) is 0 Å². The molecule has 0 bridgehead atoms. The Morgan fingerprint density at radius 2 is 1.89 bits per heavy atom. The molecule has 0 radical (unpaired) electrons. The number of carbonyl (C=O) groups excluding carboxylic acids is 1. The van der Waals surface area contributed by atoms with Crippen LogP contribution >= 0.6 is 0 Å². The average Bonchev–Trinajstić information content (AvgIpc) is 2.36. The molecular weight excluding hydrogens is 228 g/mol. The molecule has 0 heterocycles. The first kappa shape index (κ1) is 14.7. The second kappa shape index (κ2) is 7.84. The Morgan fingerprint density at radius 3 is 2.44 bits per heavy atom. The quantitative estimate of drug-likeness (QED) is 0.765. The van der Waals surface area contributed by atoms with Gasteiger partial charge in [0.15, 0.2) is 0 Å². The smallest absolute Gasteiger partial charge is 0.246 e.